The highest BCUT2D eigenvalue weighted by Crippen LogP contribution is 2.34. The van der Waals surface area contributed by atoms with E-state index in [1.165, 1.54) is 12.4 Å². The van der Waals surface area contributed by atoms with Gasteiger partial charge in [0.15, 0.2) is 0 Å². The van der Waals surface area contributed by atoms with Crippen molar-refractivity contribution in [1.82, 2.24) is 15.3 Å². The Morgan fingerprint density at radius 2 is 2.00 bits per heavy atom. The lowest BCUT2D eigenvalue weighted by Gasteiger charge is -2.41. The van der Waals surface area contributed by atoms with E-state index >= 15 is 0 Å². The molecule has 1 saturated carbocycles. The number of aromatic nitrogens is 2. The lowest BCUT2D eigenvalue weighted by molar-refractivity contribution is -0.139. The molecule has 0 aliphatic heterocycles. The van der Waals surface area contributed by atoms with Crippen LogP contribution < -0.4 is 10.6 Å². The lowest BCUT2D eigenvalue weighted by atomic mass is 9.74. The van der Waals surface area contributed by atoms with Gasteiger partial charge in [0.05, 0.1) is 12.0 Å². The van der Waals surface area contributed by atoms with Gasteiger partial charge in [0.2, 0.25) is 5.95 Å². The molecular formula is C11H14N4O3. The van der Waals surface area contributed by atoms with E-state index < -0.39 is 17.5 Å². The van der Waals surface area contributed by atoms with Crippen LogP contribution in [0.1, 0.15) is 25.7 Å². The zero-order chi connectivity index (χ0) is 13.0. The fourth-order valence-electron chi connectivity index (χ4n) is 1.98. The molecule has 1 aromatic rings. The molecule has 0 radical (unpaired) electrons. The molecule has 18 heavy (non-hydrogen) atoms. The number of amides is 2. The van der Waals surface area contributed by atoms with Crippen molar-refractivity contribution in [2.45, 2.75) is 31.2 Å². The highest BCUT2D eigenvalue weighted by Gasteiger charge is 2.40. The van der Waals surface area contributed by atoms with Gasteiger partial charge in [-0.15, -0.1) is 0 Å². The monoisotopic (exact) mass is 250 g/mol. The molecule has 7 heteroatoms. The van der Waals surface area contributed by atoms with E-state index in [0.717, 1.165) is 6.42 Å². The molecule has 0 bridgehead atoms. The summed E-state index contributed by atoms with van der Waals surface area (Å²) in [5.41, 5.74) is -0.620. The van der Waals surface area contributed by atoms with Crippen LogP contribution in [0.5, 0.6) is 0 Å². The van der Waals surface area contributed by atoms with Crippen LogP contribution in [0.2, 0.25) is 0 Å². The van der Waals surface area contributed by atoms with Gasteiger partial charge in [0.25, 0.3) is 0 Å². The van der Waals surface area contributed by atoms with Crippen molar-refractivity contribution in [3.63, 3.8) is 0 Å². The maximum Gasteiger partial charge on any atom is 0.322 e. The van der Waals surface area contributed by atoms with Gasteiger partial charge in [-0.25, -0.2) is 14.8 Å². The first kappa shape index (κ1) is 12.3. The molecule has 2 rings (SSSR count). The summed E-state index contributed by atoms with van der Waals surface area (Å²) in [5, 5.41) is 14.0. The second kappa shape index (κ2) is 4.99. The summed E-state index contributed by atoms with van der Waals surface area (Å²) in [6.07, 6.45) is 5.26. The lowest BCUT2D eigenvalue weighted by Crippen LogP contribution is -2.55. The maximum atomic E-state index is 11.7. The Labute approximate surface area is 104 Å². The Balaban J connectivity index is 1.92. The van der Waals surface area contributed by atoms with Gasteiger partial charge in [0.1, 0.15) is 0 Å². The number of anilines is 1. The van der Waals surface area contributed by atoms with E-state index in [9.17, 15) is 9.59 Å². The molecule has 1 fully saturated rings. The molecule has 1 aliphatic carbocycles. The number of nitrogens with one attached hydrogen (secondary N) is 2. The highest BCUT2D eigenvalue weighted by atomic mass is 16.4. The summed E-state index contributed by atoms with van der Waals surface area (Å²) in [6, 6.07) is 1.17. The summed E-state index contributed by atoms with van der Waals surface area (Å²) in [4.78, 5) is 30.2. The first-order valence-electron chi connectivity index (χ1n) is 5.68. The minimum absolute atomic E-state index is 0.0595. The predicted octanol–water partition coefficient (Wildman–Crippen LogP) is 0.995. The van der Waals surface area contributed by atoms with E-state index in [1.54, 1.807) is 6.07 Å². The molecule has 2 amide bonds. The largest absolute Gasteiger partial charge is 0.481 e. The van der Waals surface area contributed by atoms with Crippen LogP contribution in [0.3, 0.4) is 0 Å². The van der Waals surface area contributed by atoms with Crippen molar-refractivity contribution in [2.75, 3.05) is 5.32 Å². The summed E-state index contributed by atoms with van der Waals surface area (Å²) < 4.78 is 0. The van der Waals surface area contributed by atoms with E-state index in [2.05, 4.69) is 20.6 Å². The molecule has 1 heterocycles. The van der Waals surface area contributed by atoms with Crippen molar-refractivity contribution >= 4 is 17.9 Å². The third-order valence-electron chi connectivity index (χ3n) is 2.97. The van der Waals surface area contributed by atoms with Crippen LogP contribution >= 0.6 is 0 Å². The Morgan fingerprint density at radius 1 is 1.33 bits per heavy atom. The molecule has 0 aromatic carbocycles. The Kier molecular flexibility index (Phi) is 3.40. The Bertz CT molecular complexity index is 445. The standard InChI is InChI=1S/C11H14N4O3/c16-8(17)7-11(3-1-4-11)15-10(18)14-9-12-5-2-6-13-9/h2,5-6H,1,3-4,7H2,(H,16,17)(H2,12,13,14,15,18). The van der Waals surface area contributed by atoms with Gasteiger partial charge in [-0.05, 0) is 25.3 Å². The van der Waals surface area contributed by atoms with Crippen molar-refractivity contribution < 1.29 is 14.7 Å². The number of hydrogen-bond donors (Lipinski definition) is 3. The number of aliphatic carboxylic acids is 1. The summed E-state index contributed by atoms with van der Waals surface area (Å²) >= 11 is 0. The van der Waals surface area contributed by atoms with Crippen molar-refractivity contribution in [3.05, 3.63) is 18.5 Å². The maximum absolute atomic E-state index is 11.7. The number of urea groups is 1. The number of carboxylic acids is 1. The molecule has 0 unspecified atom stereocenters. The van der Waals surface area contributed by atoms with Gasteiger partial charge >= 0.3 is 12.0 Å². The normalized spacial score (nSPS) is 16.4. The third kappa shape index (κ3) is 2.93. The molecule has 1 aliphatic rings. The van der Waals surface area contributed by atoms with Crippen molar-refractivity contribution in [3.8, 4) is 0 Å². The smallest absolute Gasteiger partial charge is 0.322 e. The summed E-state index contributed by atoms with van der Waals surface area (Å²) in [6.45, 7) is 0. The molecule has 3 N–H and O–H groups in total. The average Bonchev–Trinajstić information content (AvgIpc) is 2.26. The fraction of sp³-hybridized carbons (Fsp3) is 0.455. The van der Waals surface area contributed by atoms with Gasteiger partial charge in [0, 0.05) is 12.4 Å². The van der Waals surface area contributed by atoms with Gasteiger partial charge < -0.3 is 10.4 Å². The topological polar surface area (TPSA) is 104 Å². The molecular weight excluding hydrogens is 236 g/mol. The van der Waals surface area contributed by atoms with E-state index in [1.807, 2.05) is 0 Å². The van der Waals surface area contributed by atoms with E-state index in [0.29, 0.717) is 12.8 Å². The zero-order valence-electron chi connectivity index (χ0n) is 9.72. The first-order valence-corrected chi connectivity index (χ1v) is 5.68. The molecule has 96 valence electrons. The van der Waals surface area contributed by atoms with Crippen LogP contribution in [0.15, 0.2) is 18.5 Å². The summed E-state index contributed by atoms with van der Waals surface area (Å²) in [7, 11) is 0. The number of nitrogens with zero attached hydrogens (tertiary/aromatic N) is 2. The van der Waals surface area contributed by atoms with Gasteiger partial charge in [-0.2, -0.15) is 0 Å². The quantitative estimate of drug-likeness (QED) is 0.739. The Morgan fingerprint density at radius 3 is 2.50 bits per heavy atom. The SMILES string of the molecule is O=C(O)CC1(NC(=O)Nc2ncccn2)CCC1. The molecule has 0 saturated heterocycles. The average molecular weight is 250 g/mol. The van der Waals surface area contributed by atoms with Gasteiger partial charge in [-0.3, -0.25) is 10.1 Å². The van der Waals surface area contributed by atoms with Crippen LogP contribution in [0.4, 0.5) is 10.7 Å². The second-order valence-electron chi connectivity index (χ2n) is 4.36. The van der Waals surface area contributed by atoms with Crippen molar-refractivity contribution in [2.24, 2.45) is 0 Å². The molecule has 1 aromatic heterocycles. The zero-order valence-corrected chi connectivity index (χ0v) is 9.72. The number of carbonyl (C=O) groups excluding carboxylic acids is 1. The van der Waals surface area contributed by atoms with Crippen LogP contribution in [-0.4, -0.2) is 32.6 Å². The summed E-state index contributed by atoms with van der Waals surface area (Å²) in [5.74, 6) is -0.717. The third-order valence-corrected chi connectivity index (χ3v) is 2.97. The number of hydrogen-bond acceptors (Lipinski definition) is 4. The fourth-order valence-corrected chi connectivity index (χ4v) is 1.98. The van der Waals surface area contributed by atoms with E-state index in [4.69, 9.17) is 5.11 Å². The minimum atomic E-state index is -0.911. The number of rotatable bonds is 4. The molecule has 0 atom stereocenters. The first-order chi connectivity index (χ1) is 8.60. The Hall–Kier alpha value is -2.18. The van der Waals surface area contributed by atoms with Crippen molar-refractivity contribution in [1.29, 1.82) is 0 Å². The van der Waals surface area contributed by atoms with Crippen LogP contribution in [0, 0.1) is 0 Å². The predicted molar refractivity (Wildman–Crippen MR) is 63.0 cm³/mol. The highest BCUT2D eigenvalue weighted by molar-refractivity contribution is 5.88. The molecule has 7 nitrogen and oxygen atoms in total. The van der Waals surface area contributed by atoms with E-state index in [-0.39, 0.29) is 12.4 Å². The minimum Gasteiger partial charge on any atom is -0.481 e. The molecule has 0 spiro atoms. The van der Waals surface area contributed by atoms with Gasteiger partial charge in [-0.1, -0.05) is 0 Å². The van der Waals surface area contributed by atoms with Crippen LogP contribution in [-0.2, 0) is 4.79 Å². The number of carbonyl (C=O) groups is 2. The second-order valence-corrected chi connectivity index (χ2v) is 4.36. The van der Waals surface area contributed by atoms with Crippen LogP contribution in [0.25, 0.3) is 0 Å². The number of carboxylic acid groups (broad SMARTS) is 1.